The Morgan fingerprint density at radius 1 is 1.03 bits per heavy atom. The van der Waals surface area contributed by atoms with Crippen molar-refractivity contribution in [3.63, 3.8) is 0 Å². The predicted molar refractivity (Wildman–Crippen MR) is 122 cm³/mol. The zero-order valence-electron chi connectivity index (χ0n) is 18.1. The van der Waals surface area contributed by atoms with Gasteiger partial charge >= 0.3 is 0 Å². The molecule has 0 unspecified atom stereocenters. The lowest BCUT2D eigenvalue weighted by atomic mass is 9.49. The van der Waals surface area contributed by atoms with Crippen molar-refractivity contribution >= 4 is 27.7 Å². The zero-order chi connectivity index (χ0) is 21.5. The highest BCUT2D eigenvalue weighted by molar-refractivity contribution is 9.10. The molecule has 4 saturated carbocycles. The first kappa shape index (κ1) is 21.4. The molecule has 0 radical (unpaired) electrons. The number of nitrogens with one attached hydrogen (secondary N) is 2. The molecular formula is C25H33BrN2O3. The number of hydrogen-bond acceptors (Lipinski definition) is 3. The van der Waals surface area contributed by atoms with Gasteiger partial charge in [-0.3, -0.25) is 9.59 Å². The standard InChI is InChI=1S/C25H33BrN2O3/c26-21-3-1-2-20(13-21)25(5-8-31-9-6-25)28-22(29)4-7-27-23(30)24-14-17-10-18(15-24)12-19(11-17)16-24/h1-3,13,17-19H,4-12,14-16H2,(H,27,30)(H,28,29). The van der Waals surface area contributed by atoms with Crippen LogP contribution in [-0.4, -0.2) is 31.6 Å². The number of hydrogen-bond donors (Lipinski definition) is 2. The van der Waals surface area contributed by atoms with Crippen molar-refractivity contribution in [2.45, 2.75) is 63.3 Å². The van der Waals surface area contributed by atoms with E-state index in [0.717, 1.165) is 59.9 Å². The second-order valence-corrected chi connectivity index (χ2v) is 11.4. The smallest absolute Gasteiger partial charge is 0.226 e. The molecule has 1 aromatic carbocycles. The number of rotatable bonds is 6. The average molecular weight is 489 g/mol. The van der Waals surface area contributed by atoms with Crippen LogP contribution in [0.2, 0.25) is 0 Å². The summed E-state index contributed by atoms with van der Waals surface area (Å²) in [5.41, 5.74) is 0.558. The van der Waals surface area contributed by atoms with Crippen LogP contribution in [0.4, 0.5) is 0 Å². The lowest BCUT2D eigenvalue weighted by Crippen LogP contribution is -2.54. The van der Waals surface area contributed by atoms with Gasteiger partial charge in [-0.05, 0) is 86.8 Å². The maximum absolute atomic E-state index is 13.1. The van der Waals surface area contributed by atoms with Crippen molar-refractivity contribution in [1.29, 1.82) is 0 Å². The number of halogens is 1. The summed E-state index contributed by atoms with van der Waals surface area (Å²) in [6.45, 7) is 1.68. The Labute approximate surface area is 193 Å². The number of carbonyl (C=O) groups is 2. The summed E-state index contributed by atoms with van der Waals surface area (Å²) in [5, 5.41) is 6.43. The molecule has 6 rings (SSSR count). The quantitative estimate of drug-likeness (QED) is 0.627. The van der Waals surface area contributed by atoms with Crippen LogP contribution in [0.1, 0.15) is 63.4 Å². The first-order chi connectivity index (χ1) is 15.0. The van der Waals surface area contributed by atoms with Gasteiger partial charge in [0.1, 0.15) is 0 Å². The molecule has 5 fully saturated rings. The van der Waals surface area contributed by atoms with Crippen LogP contribution in [-0.2, 0) is 19.9 Å². The van der Waals surface area contributed by atoms with E-state index >= 15 is 0 Å². The molecule has 1 heterocycles. The second-order valence-electron chi connectivity index (χ2n) is 10.5. The maximum Gasteiger partial charge on any atom is 0.226 e. The van der Waals surface area contributed by atoms with Crippen LogP contribution >= 0.6 is 15.9 Å². The third-order valence-electron chi connectivity index (χ3n) is 8.26. The van der Waals surface area contributed by atoms with Gasteiger partial charge in [-0.2, -0.15) is 0 Å². The molecule has 0 spiro atoms. The molecule has 4 aliphatic carbocycles. The van der Waals surface area contributed by atoms with E-state index in [4.69, 9.17) is 4.74 Å². The molecule has 5 nitrogen and oxygen atoms in total. The SMILES string of the molecule is O=C(CCNC(=O)C12CC3CC(CC(C3)C1)C2)NC1(c2cccc(Br)c2)CCOCC1. The third kappa shape index (κ3) is 4.30. The van der Waals surface area contributed by atoms with Crippen molar-refractivity contribution in [3.8, 4) is 0 Å². The molecular weight excluding hydrogens is 456 g/mol. The van der Waals surface area contributed by atoms with Gasteiger partial charge in [0, 0.05) is 36.1 Å². The van der Waals surface area contributed by atoms with E-state index in [9.17, 15) is 9.59 Å². The van der Waals surface area contributed by atoms with E-state index in [2.05, 4.69) is 38.7 Å². The molecule has 1 aliphatic heterocycles. The van der Waals surface area contributed by atoms with E-state index < -0.39 is 5.54 Å². The first-order valence-electron chi connectivity index (χ1n) is 11.9. The minimum atomic E-state index is -0.400. The molecule has 31 heavy (non-hydrogen) atoms. The highest BCUT2D eigenvalue weighted by atomic mass is 79.9. The Morgan fingerprint density at radius 2 is 1.68 bits per heavy atom. The summed E-state index contributed by atoms with van der Waals surface area (Å²) in [6, 6.07) is 8.17. The summed E-state index contributed by atoms with van der Waals surface area (Å²) >= 11 is 3.55. The molecule has 0 aromatic heterocycles. The second kappa shape index (κ2) is 8.51. The van der Waals surface area contributed by atoms with Crippen molar-refractivity contribution in [1.82, 2.24) is 10.6 Å². The van der Waals surface area contributed by atoms with Gasteiger partial charge in [0.2, 0.25) is 11.8 Å². The fourth-order valence-corrected chi connectivity index (χ4v) is 7.59. The fraction of sp³-hybridized carbons (Fsp3) is 0.680. The van der Waals surface area contributed by atoms with Gasteiger partial charge in [0.05, 0.1) is 5.54 Å². The topological polar surface area (TPSA) is 67.4 Å². The number of ether oxygens (including phenoxy) is 1. The molecule has 2 N–H and O–H groups in total. The van der Waals surface area contributed by atoms with Crippen molar-refractivity contribution in [2.24, 2.45) is 23.2 Å². The highest BCUT2D eigenvalue weighted by Gasteiger charge is 2.54. The van der Waals surface area contributed by atoms with E-state index in [0.29, 0.717) is 26.2 Å². The molecule has 6 heteroatoms. The maximum atomic E-state index is 13.1. The fourth-order valence-electron chi connectivity index (χ4n) is 7.19. The molecule has 5 aliphatic rings. The predicted octanol–water partition coefficient (Wildman–Crippen LogP) is 4.29. The molecule has 4 bridgehead atoms. The van der Waals surface area contributed by atoms with Crippen LogP contribution in [0, 0.1) is 23.2 Å². The summed E-state index contributed by atoms with van der Waals surface area (Å²) in [4.78, 5) is 26.0. The van der Waals surface area contributed by atoms with E-state index in [1.807, 2.05) is 12.1 Å². The van der Waals surface area contributed by atoms with Gasteiger partial charge < -0.3 is 15.4 Å². The third-order valence-corrected chi connectivity index (χ3v) is 8.75. The number of carbonyl (C=O) groups excluding carboxylic acids is 2. The van der Waals surface area contributed by atoms with Crippen LogP contribution in [0.25, 0.3) is 0 Å². The van der Waals surface area contributed by atoms with Gasteiger partial charge in [0.15, 0.2) is 0 Å². The summed E-state index contributed by atoms with van der Waals surface area (Å²) in [6.07, 6.45) is 9.00. The molecule has 1 saturated heterocycles. The van der Waals surface area contributed by atoms with Crippen LogP contribution in [0.3, 0.4) is 0 Å². The number of amides is 2. The largest absolute Gasteiger partial charge is 0.381 e. The summed E-state index contributed by atoms with van der Waals surface area (Å²) < 4.78 is 6.57. The molecule has 168 valence electrons. The Morgan fingerprint density at radius 3 is 2.29 bits per heavy atom. The normalized spacial score (nSPS) is 33.1. The van der Waals surface area contributed by atoms with Gasteiger partial charge in [0.25, 0.3) is 0 Å². The lowest BCUT2D eigenvalue weighted by molar-refractivity contribution is -0.146. The van der Waals surface area contributed by atoms with E-state index in [-0.39, 0.29) is 17.2 Å². The van der Waals surface area contributed by atoms with Gasteiger partial charge in [-0.1, -0.05) is 28.1 Å². The minimum Gasteiger partial charge on any atom is -0.381 e. The van der Waals surface area contributed by atoms with E-state index in [1.54, 1.807) is 0 Å². The monoisotopic (exact) mass is 488 g/mol. The minimum absolute atomic E-state index is 0.00677. The van der Waals surface area contributed by atoms with Crippen LogP contribution < -0.4 is 10.6 Å². The summed E-state index contributed by atoms with van der Waals surface area (Å²) in [7, 11) is 0. The van der Waals surface area contributed by atoms with Gasteiger partial charge in [-0.15, -0.1) is 0 Å². The van der Waals surface area contributed by atoms with E-state index in [1.165, 1.54) is 19.3 Å². The van der Waals surface area contributed by atoms with Crippen molar-refractivity contribution < 1.29 is 14.3 Å². The van der Waals surface area contributed by atoms with Crippen LogP contribution in [0.5, 0.6) is 0 Å². The Hall–Kier alpha value is -1.40. The number of benzene rings is 1. The highest BCUT2D eigenvalue weighted by Crippen LogP contribution is 2.60. The molecule has 0 atom stereocenters. The Kier molecular flexibility index (Phi) is 5.89. The first-order valence-corrected chi connectivity index (χ1v) is 12.7. The Balaban J connectivity index is 1.18. The van der Waals surface area contributed by atoms with Gasteiger partial charge in [-0.25, -0.2) is 0 Å². The van der Waals surface area contributed by atoms with Crippen molar-refractivity contribution in [2.75, 3.05) is 19.8 Å². The molecule has 2 amide bonds. The lowest BCUT2D eigenvalue weighted by Gasteiger charge is -2.55. The zero-order valence-corrected chi connectivity index (χ0v) is 19.7. The van der Waals surface area contributed by atoms with Crippen LogP contribution in [0.15, 0.2) is 28.7 Å². The molecule has 1 aromatic rings. The van der Waals surface area contributed by atoms with Crippen molar-refractivity contribution in [3.05, 3.63) is 34.3 Å². The Bertz CT molecular complexity index is 814. The summed E-state index contributed by atoms with van der Waals surface area (Å²) in [5.74, 6) is 2.44. The average Bonchev–Trinajstić information content (AvgIpc) is 2.73.